The van der Waals surface area contributed by atoms with E-state index in [2.05, 4.69) is 26.2 Å². The molecule has 1 aromatic heterocycles. The van der Waals surface area contributed by atoms with Gasteiger partial charge in [-0.25, -0.2) is 4.98 Å². The second-order valence-corrected chi connectivity index (χ2v) is 4.95. The SMILES string of the molecule is Cc1ccc(NC(=O)c2ccc(Br)nc2)c(C)c1. The molecule has 1 amide bonds. The lowest BCUT2D eigenvalue weighted by molar-refractivity contribution is 0.102. The molecular weight excluding hydrogens is 292 g/mol. The van der Waals surface area contributed by atoms with Crippen LogP contribution in [-0.4, -0.2) is 10.9 Å². The van der Waals surface area contributed by atoms with Crippen molar-refractivity contribution in [2.24, 2.45) is 0 Å². The van der Waals surface area contributed by atoms with Gasteiger partial charge in [-0.3, -0.25) is 4.79 Å². The van der Waals surface area contributed by atoms with Gasteiger partial charge in [0.2, 0.25) is 0 Å². The number of carbonyl (C=O) groups excluding carboxylic acids is 1. The summed E-state index contributed by atoms with van der Waals surface area (Å²) >= 11 is 3.24. The highest BCUT2D eigenvalue weighted by Crippen LogP contribution is 2.17. The number of halogens is 1. The van der Waals surface area contributed by atoms with Gasteiger partial charge in [0.1, 0.15) is 4.60 Å². The van der Waals surface area contributed by atoms with Gasteiger partial charge < -0.3 is 5.32 Å². The first-order chi connectivity index (χ1) is 8.56. The van der Waals surface area contributed by atoms with E-state index in [-0.39, 0.29) is 5.91 Å². The average Bonchev–Trinajstić information content (AvgIpc) is 2.33. The van der Waals surface area contributed by atoms with Crippen LogP contribution in [0.1, 0.15) is 21.5 Å². The van der Waals surface area contributed by atoms with Crippen molar-refractivity contribution in [3.63, 3.8) is 0 Å². The standard InChI is InChI=1S/C14H13BrN2O/c1-9-3-5-12(10(2)7-9)17-14(18)11-4-6-13(15)16-8-11/h3-8H,1-2H3,(H,17,18). The monoisotopic (exact) mass is 304 g/mol. The number of aryl methyl sites for hydroxylation is 2. The topological polar surface area (TPSA) is 42.0 Å². The predicted octanol–water partition coefficient (Wildman–Crippen LogP) is 3.71. The third-order valence-corrected chi connectivity index (χ3v) is 3.09. The van der Waals surface area contributed by atoms with Crippen molar-refractivity contribution < 1.29 is 4.79 Å². The molecule has 0 bridgehead atoms. The van der Waals surface area contributed by atoms with Gasteiger partial charge in [-0.05, 0) is 53.5 Å². The Morgan fingerprint density at radius 2 is 2.00 bits per heavy atom. The number of hydrogen-bond acceptors (Lipinski definition) is 2. The number of aromatic nitrogens is 1. The van der Waals surface area contributed by atoms with Gasteiger partial charge in [0, 0.05) is 11.9 Å². The summed E-state index contributed by atoms with van der Waals surface area (Å²) in [5, 5.41) is 2.88. The lowest BCUT2D eigenvalue weighted by Gasteiger charge is -2.09. The molecule has 92 valence electrons. The van der Waals surface area contributed by atoms with E-state index >= 15 is 0 Å². The number of carbonyl (C=O) groups is 1. The van der Waals surface area contributed by atoms with Crippen LogP contribution < -0.4 is 5.32 Å². The van der Waals surface area contributed by atoms with Gasteiger partial charge in [0.25, 0.3) is 5.91 Å². The fourth-order valence-corrected chi connectivity index (χ4v) is 1.89. The minimum absolute atomic E-state index is 0.151. The summed E-state index contributed by atoms with van der Waals surface area (Å²) in [5.74, 6) is -0.151. The summed E-state index contributed by atoms with van der Waals surface area (Å²) in [6, 6.07) is 9.40. The fourth-order valence-electron chi connectivity index (χ4n) is 1.66. The van der Waals surface area contributed by atoms with E-state index < -0.39 is 0 Å². The molecule has 1 aromatic carbocycles. The third kappa shape index (κ3) is 2.96. The molecule has 3 nitrogen and oxygen atoms in total. The zero-order valence-corrected chi connectivity index (χ0v) is 11.8. The largest absolute Gasteiger partial charge is 0.322 e. The number of nitrogens with one attached hydrogen (secondary N) is 1. The van der Waals surface area contributed by atoms with Crippen LogP contribution in [0.15, 0.2) is 41.1 Å². The number of amides is 1. The zero-order chi connectivity index (χ0) is 13.1. The number of anilines is 1. The zero-order valence-electron chi connectivity index (χ0n) is 10.2. The number of benzene rings is 1. The molecule has 18 heavy (non-hydrogen) atoms. The quantitative estimate of drug-likeness (QED) is 0.859. The first-order valence-corrected chi connectivity index (χ1v) is 6.36. The molecule has 0 unspecified atom stereocenters. The molecule has 1 heterocycles. The third-order valence-electron chi connectivity index (χ3n) is 2.62. The summed E-state index contributed by atoms with van der Waals surface area (Å²) < 4.78 is 0.713. The summed E-state index contributed by atoms with van der Waals surface area (Å²) in [6.07, 6.45) is 1.54. The van der Waals surface area contributed by atoms with Crippen molar-refractivity contribution >= 4 is 27.5 Å². The van der Waals surface area contributed by atoms with Crippen molar-refractivity contribution in [2.45, 2.75) is 13.8 Å². The highest BCUT2D eigenvalue weighted by Gasteiger charge is 2.07. The van der Waals surface area contributed by atoms with Gasteiger partial charge in [0.15, 0.2) is 0 Å². The molecular formula is C14H13BrN2O. The average molecular weight is 305 g/mol. The van der Waals surface area contributed by atoms with E-state index in [1.165, 1.54) is 5.56 Å². The van der Waals surface area contributed by atoms with Crippen LogP contribution in [0.4, 0.5) is 5.69 Å². The van der Waals surface area contributed by atoms with Gasteiger partial charge >= 0.3 is 0 Å². The molecule has 0 radical (unpaired) electrons. The van der Waals surface area contributed by atoms with Crippen LogP contribution >= 0.6 is 15.9 Å². The number of nitrogens with zero attached hydrogens (tertiary/aromatic N) is 1. The van der Waals surface area contributed by atoms with Crippen molar-refractivity contribution in [1.29, 1.82) is 0 Å². The van der Waals surface area contributed by atoms with E-state index in [1.807, 2.05) is 32.0 Å². The minimum Gasteiger partial charge on any atom is -0.322 e. The second kappa shape index (κ2) is 5.31. The van der Waals surface area contributed by atoms with Crippen molar-refractivity contribution in [2.75, 3.05) is 5.32 Å². The predicted molar refractivity (Wildman–Crippen MR) is 75.8 cm³/mol. The first kappa shape index (κ1) is 12.8. The van der Waals surface area contributed by atoms with Gasteiger partial charge in [-0.1, -0.05) is 17.7 Å². The second-order valence-electron chi connectivity index (χ2n) is 4.14. The Bertz CT molecular complexity index is 579. The molecule has 0 saturated heterocycles. The van der Waals surface area contributed by atoms with Crippen LogP contribution in [0.5, 0.6) is 0 Å². The van der Waals surface area contributed by atoms with Crippen molar-refractivity contribution in [3.8, 4) is 0 Å². The van der Waals surface area contributed by atoms with E-state index in [0.29, 0.717) is 10.2 Å². The minimum atomic E-state index is -0.151. The van der Waals surface area contributed by atoms with Crippen LogP contribution in [0.3, 0.4) is 0 Å². The molecule has 0 aliphatic carbocycles. The molecule has 0 fully saturated rings. The summed E-state index contributed by atoms with van der Waals surface area (Å²) in [7, 11) is 0. The molecule has 1 N–H and O–H groups in total. The molecule has 2 rings (SSSR count). The Morgan fingerprint density at radius 1 is 1.22 bits per heavy atom. The maximum atomic E-state index is 12.0. The van der Waals surface area contributed by atoms with E-state index in [0.717, 1.165) is 11.3 Å². The van der Waals surface area contributed by atoms with Crippen LogP contribution in [0.25, 0.3) is 0 Å². The smallest absolute Gasteiger partial charge is 0.257 e. The highest BCUT2D eigenvalue weighted by atomic mass is 79.9. The van der Waals surface area contributed by atoms with E-state index in [9.17, 15) is 4.79 Å². The molecule has 0 saturated carbocycles. The Balaban J connectivity index is 2.18. The maximum Gasteiger partial charge on any atom is 0.257 e. The van der Waals surface area contributed by atoms with Gasteiger partial charge in [-0.2, -0.15) is 0 Å². The van der Waals surface area contributed by atoms with Crippen molar-refractivity contribution in [1.82, 2.24) is 4.98 Å². The molecule has 4 heteroatoms. The number of hydrogen-bond donors (Lipinski definition) is 1. The summed E-state index contributed by atoms with van der Waals surface area (Å²) in [5.41, 5.74) is 3.59. The lowest BCUT2D eigenvalue weighted by atomic mass is 10.1. The Labute approximate surface area is 114 Å². The Hall–Kier alpha value is -1.68. The molecule has 0 spiro atoms. The van der Waals surface area contributed by atoms with Crippen LogP contribution in [0, 0.1) is 13.8 Å². The molecule has 0 aliphatic rings. The summed E-state index contributed by atoms with van der Waals surface area (Å²) in [6.45, 7) is 4.00. The van der Waals surface area contributed by atoms with Crippen molar-refractivity contribution in [3.05, 3.63) is 57.8 Å². The molecule has 0 atom stereocenters. The van der Waals surface area contributed by atoms with E-state index in [4.69, 9.17) is 0 Å². The lowest BCUT2D eigenvalue weighted by Crippen LogP contribution is -2.13. The van der Waals surface area contributed by atoms with Gasteiger partial charge in [0.05, 0.1) is 5.56 Å². The van der Waals surface area contributed by atoms with Gasteiger partial charge in [-0.15, -0.1) is 0 Å². The molecule has 2 aromatic rings. The first-order valence-electron chi connectivity index (χ1n) is 5.56. The Morgan fingerprint density at radius 3 is 2.61 bits per heavy atom. The van der Waals surface area contributed by atoms with E-state index in [1.54, 1.807) is 18.3 Å². The normalized spacial score (nSPS) is 10.2. The van der Waals surface area contributed by atoms with Crippen LogP contribution in [0.2, 0.25) is 0 Å². The maximum absolute atomic E-state index is 12.0. The molecule has 0 aliphatic heterocycles. The number of rotatable bonds is 2. The number of pyridine rings is 1. The fraction of sp³-hybridized carbons (Fsp3) is 0.143. The highest BCUT2D eigenvalue weighted by molar-refractivity contribution is 9.10. The van der Waals surface area contributed by atoms with Crippen LogP contribution in [-0.2, 0) is 0 Å². The summed E-state index contributed by atoms with van der Waals surface area (Å²) in [4.78, 5) is 16.0. The Kier molecular flexibility index (Phi) is 3.77.